The molecule has 0 aromatic heterocycles. The van der Waals surface area contributed by atoms with Crippen LogP contribution in [0.5, 0.6) is 0 Å². The lowest BCUT2D eigenvalue weighted by atomic mass is 9.87. The topological polar surface area (TPSA) is 15.3 Å². The third-order valence-electron chi connectivity index (χ3n) is 5.02. The van der Waals surface area contributed by atoms with E-state index >= 15 is 0 Å². The number of nitrogens with zero attached hydrogens (tertiary/aromatic N) is 1. The van der Waals surface area contributed by atoms with Crippen molar-refractivity contribution in [2.45, 2.75) is 45.2 Å². The largest absolute Gasteiger partial charge is 0.365 e. The monoisotopic (exact) mass is 336 g/mol. The Balaban J connectivity index is 1.87. The quantitative estimate of drug-likeness (QED) is 0.895. The molecule has 20 heavy (non-hydrogen) atoms. The molecule has 0 amide bonds. The van der Waals surface area contributed by atoms with Crippen molar-refractivity contribution in [3.63, 3.8) is 0 Å². The van der Waals surface area contributed by atoms with Crippen LogP contribution in [0.3, 0.4) is 0 Å². The zero-order valence-electron chi connectivity index (χ0n) is 12.7. The summed E-state index contributed by atoms with van der Waals surface area (Å²) in [6.45, 7) is 9.30. The molecule has 1 aliphatic carbocycles. The normalized spacial score (nSPS) is 30.9. The Morgan fingerprint density at radius 2 is 1.90 bits per heavy atom. The summed E-state index contributed by atoms with van der Waals surface area (Å²) in [5.74, 6) is 1.53. The molecule has 1 aromatic carbocycles. The van der Waals surface area contributed by atoms with Crippen LogP contribution in [0.15, 0.2) is 28.7 Å². The molecule has 0 spiro atoms. The second-order valence-corrected chi connectivity index (χ2v) is 7.90. The van der Waals surface area contributed by atoms with Gasteiger partial charge in [0.1, 0.15) is 0 Å². The molecule has 1 heterocycles. The first-order valence-electron chi connectivity index (χ1n) is 7.77. The molecule has 1 saturated heterocycles. The summed E-state index contributed by atoms with van der Waals surface area (Å²) in [6.07, 6.45) is 2.79. The summed E-state index contributed by atoms with van der Waals surface area (Å²) in [5, 5.41) is 3.85. The van der Waals surface area contributed by atoms with Crippen LogP contribution >= 0.6 is 15.9 Å². The number of benzene rings is 1. The SMILES string of the molecule is CC(C)C1CNC(C)(C2CC2)CN1c1ccc(Br)cc1. The first-order valence-corrected chi connectivity index (χ1v) is 8.56. The maximum absolute atomic E-state index is 3.85. The third-order valence-corrected chi connectivity index (χ3v) is 5.55. The molecule has 2 fully saturated rings. The van der Waals surface area contributed by atoms with Crippen molar-refractivity contribution in [3.8, 4) is 0 Å². The Hall–Kier alpha value is -0.540. The standard InChI is InChI=1S/C17H25BrN2/c1-12(2)16-10-19-17(3,13-4-5-13)11-20(16)15-8-6-14(18)7-9-15/h6-9,12-13,16,19H,4-5,10-11H2,1-3H3. The van der Waals surface area contributed by atoms with Gasteiger partial charge in [0.05, 0.1) is 0 Å². The zero-order valence-corrected chi connectivity index (χ0v) is 14.3. The van der Waals surface area contributed by atoms with Gasteiger partial charge in [0, 0.05) is 34.8 Å². The highest BCUT2D eigenvalue weighted by molar-refractivity contribution is 9.10. The van der Waals surface area contributed by atoms with Gasteiger partial charge in [0.15, 0.2) is 0 Å². The fourth-order valence-corrected chi connectivity index (χ4v) is 3.74. The van der Waals surface area contributed by atoms with E-state index in [9.17, 15) is 0 Å². The van der Waals surface area contributed by atoms with Gasteiger partial charge in [0.25, 0.3) is 0 Å². The Bertz CT molecular complexity index is 466. The molecule has 1 N–H and O–H groups in total. The molecule has 2 unspecified atom stereocenters. The van der Waals surface area contributed by atoms with Gasteiger partial charge in [-0.15, -0.1) is 0 Å². The minimum Gasteiger partial charge on any atom is -0.365 e. The third kappa shape index (κ3) is 2.75. The summed E-state index contributed by atoms with van der Waals surface area (Å²) in [7, 11) is 0. The van der Waals surface area contributed by atoms with Crippen LogP contribution in [0.1, 0.15) is 33.6 Å². The van der Waals surface area contributed by atoms with E-state index in [1.165, 1.54) is 18.5 Å². The summed E-state index contributed by atoms with van der Waals surface area (Å²) in [4.78, 5) is 2.63. The van der Waals surface area contributed by atoms with E-state index in [0.717, 1.165) is 23.5 Å². The van der Waals surface area contributed by atoms with Crippen LogP contribution < -0.4 is 10.2 Å². The molecule has 1 aliphatic heterocycles. The molecule has 110 valence electrons. The number of halogens is 1. The van der Waals surface area contributed by atoms with Crippen LogP contribution in [-0.4, -0.2) is 24.7 Å². The van der Waals surface area contributed by atoms with Gasteiger partial charge in [-0.05, 0) is 55.9 Å². The van der Waals surface area contributed by atoms with E-state index in [1.54, 1.807) is 0 Å². The number of hydrogen-bond acceptors (Lipinski definition) is 2. The molecule has 1 saturated carbocycles. The fourth-order valence-electron chi connectivity index (χ4n) is 3.48. The summed E-state index contributed by atoms with van der Waals surface area (Å²) >= 11 is 3.54. The summed E-state index contributed by atoms with van der Waals surface area (Å²) in [5.41, 5.74) is 1.65. The van der Waals surface area contributed by atoms with E-state index in [4.69, 9.17) is 0 Å². The lowest BCUT2D eigenvalue weighted by Crippen LogP contribution is -2.65. The lowest BCUT2D eigenvalue weighted by molar-refractivity contribution is 0.233. The van der Waals surface area contributed by atoms with Crippen molar-refractivity contribution >= 4 is 21.6 Å². The molecule has 2 aliphatic rings. The van der Waals surface area contributed by atoms with Crippen molar-refractivity contribution in [2.75, 3.05) is 18.0 Å². The Morgan fingerprint density at radius 1 is 1.25 bits per heavy atom. The van der Waals surface area contributed by atoms with E-state index in [0.29, 0.717) is 17.5 Å². The number of anilines is 1. The first kappa shape index (κ1) is 14.4. The second kappa shape index (κ2) is 5.34. The van der Waals surface area contributed by atoms with Gasteiger partial charge in [-0.3, -0.25) is 0 Å². The molecule has 0 radical (unpaired) electrons. The maximum Gasteiger partial charge on any atom is 0.0438 e. The van der Waals surface area contributed by atoms with Crippen molar-refractivity contribution < 1.29 is 0 Å². The molecule has 2 atom stereocenters. The number of hydrogen-bond donors (Lipinski definition) is 1. The molecule has 3 heteroatoms. The van der Waals surface area contributed by atoms with Crippen molar-refractivity contribution in [2.24, 2.45) is 11.8 Å². The Labute approximate surface area is 131 Å². The molecular formula is C17H25BrN2. The van der Waals surface area contributed by atoms with Crippen LogP contribution in [-0.2, 0) is 0 Å². The minimum atomic E-state index is 0.290. The zero-order chi connectivity index (χ0) is 14.3. The number of rotatable bonds is 3. The van der Waals surface area contributed by atoms with Crippen molar-refractivity contribution in [1.29, 1.82) is 0 Å². The van der Waals surface area contributed by atoms with Gasteiger partial charge in [-0.1, -0.05) is 29.8 Å². The highest BCUT2D eigenvalue weighted by Crippen LogP contribution is 2.42. The van der Waals surface area contributed by atoms with Gasteiger partial charge in [-0.25, -0.2) is 0 Å². The predicted molar refractivity (Wildman–Crippen MR) is 89.2 cm³/mol. The van der Waals surface area contributed by atoms with E-state index in [2.05, 4.69) is 71.2 Å². The Kier molecular flexibility index (Phi) is 3.85. The highest BCUT2D eigenvalue weighted by Gasteiger charge is 2.46. The van der Waals surface area contributed by atoms with E-state index < -0.39 is 0 Å². The van der Waals surface area contributed by atoms with Crippen LogP contribution in [0.2, 0.25) is 0 Å². The fraction of sp³-hybridized carbons (Fsp3) is 0.647. The van der Waals surface area contributed by atoms with E-state index in [-0.39, 0.29) is 0 Å². The van der Waals surface area contributed by atoms with Crippen LogP contribution in [0.4, 0.5) is 5.69 Å². The van der Waals surface area contributed by atoms with Gasteiger partial charge in [0.2, 0.25) is 0 Å². The minimum absolute atomic E-state index is 0.290. The average molecular weight is 337 g/mol. The average Bonchev–Trinajstić information content (AvgIpc) is 3.24. The summed E-state index contributed by atoms with van der Waals surface area (Å²) in [6, 6.07) is 9.39. The molecule has 1 aromatic rings. The molecular weight excluding hydrogens is 312 g/mol. The maximum atomic E-state index is 3.85. The smallest absolute Gasteiger partial charge is 0.0438 e. The van der Waals surface area contributed by atoms with Gasteiger partial charge < -0.3 is 10.2 Å². The molecule has 3 rings (SSSR count). The molecule has 0 bridgehead atoms. The van der Waals surface area contributed by atoms with Crippen LogP contribution in [0.25, 0.3) is 0 Å². The number of piperazine rings is 1. The summed E-state index contributed by atoms with van der Waals surface area (Å²) < 4.78 is 1.16. The predicted octanol–water partition coefficient (Wildman–Crippen LogP) is 4.05. The lowest BCUT2D eigenvalue weighted by Gasteiger charge is -2.49. The van der Waals surface area contributed by atoms with Crippen LogP contribution in [0, 0.1) is 11.8 Å². The van der Waals surface area contributed by atoms with Gasteiger partial charge in [-0.2, -0.15) is 0 Å². The highest BCUT2D eigenvalue weighted by atomic mass is 79.9. The van der Waals surface area contributed by atoms with Crippen molar-refractivity contribution in [1.82, 2.24) is 5.32 Å². The number of nitrogens with one attached hydrogen (secondary N) is 1. The van der Waals surface area contributed by atoms with E-state index in [1.807, 2.05) is 0 Å². The van der Waals surface area contributed by atoms with Gasteiger partial charge >= 0.3 is 0 Å². The van der Waals surface area contributed by atoms with Crippen molar-refractivity contribution in [3.05, 3.63) is 28.7 Å². The first-order chi connectivity index (χ1) is 9.49. The molecule has 2 nitrogen and oxygen atoms in total. The second-order valence-electron chi connectivity index (χ2n) is 6.99. The Morgan fingerprint density at radius 3 is 2.45 bits per heavy atom.